The van der Waals surface area contributed by atoms with E-state index in [-0.39, 0.29) is 5.92 Å². The van der Waals surface area contributed by atoms with Crippen molar-refractivity contribution in [1.29, 1.82) is 0 Å². The quantitative estimate of drug-likeness (QED) is 0.571. The number of piperidine rings is 1. The molecular formula is C7H13NO3S. The molecule has 70 valence electrons. The van der Waals surface area contributed by atoms with Crippen LogP contribution in [0.3, 0.4) is 0 Å². The molecule has 1 heterocycles. The number of hydrogen-bond donors (Lipinski definition) is 0. The van der Waals surface area contributed by atoms with Gasteiger partial charge in [-0.2, -0.15) is 0 Å². The van der Waals surface area contributed by atoms with Crippen LogP contribution < -0.4 is 0 Å². The van der Waals surface area contributed by atoms with Crippen LogP contribution in [0.15, 0.2) is 0 Å². The average Bonchev–Trinajstić information content (AvgIpc) is 2.03. The van der Waals surface area contributed by atoms with Crippen LogP contribution in [-0.2, 0) is 14.8 Å². The lowest BCUT2D eigenvalue weighted by Crippen LogP contribution is -2.37. The van der Waals surface area contributed by atoms with Crippen LogP contribution in [0.4, 0.5) is 0 Å². The summed E-state index contributed by atoms with van der Waals surface area (Å²) in [4.78, 5) is 10.3. The van der Waals surface area contributed by atoms with Crippen LogP contribution in [0.25, 0.3) is 0 Å². The van der Waals surface area contributed by atoms with E-state index in [0.29, 0.717) is 25.9 Å². The molecular weight excluding hydrogens is 178 g/mol. The van der Waals surface area contributed by atoms with E-state index in [1.807, 2.05) is 0 Å². The lowest BCUT2D eigenvalue weighted by Gasteiger charge is -2.27. The Morgan fingerprint density at radius 2 is 1.83 bits per heavy atom. The molecule has 0 bridgehead atoms. The molecule has 0 atom stereocenters. The summed E-state index contributed by atoms with van der Waals surface area (Å²) in [7, 11) is -3.04. The highest BCUT2D eigenvalue weighted by molar-refractivity contribution is 7.88. The number of sulfonamides is 1. The molecule has 1 aliphatic heterocycles. The first-order valence-electron chi connectivity index (χ1n) is 3.94. The molecule has 0 saturated carbocycles. The van der Waals surface area contributed by atoms with Gasteiger partial charge in [-0.25, -0.2) is 12.7 Å². The summed E-state index contributed by atoms with van der Waals surface area (Å²) in [6.07, 6.45) is 3.45. The van der Waals surface area contributed by atoms with Crippen molar-refractivity contribution in [3.8, 4) is 0 Å². The molecule has 5 heteroatoms. The molecule has 0 spiro atoms. The normalized spacial score (nSPS) is 22.4. The predicted octanol–water partition coefficient (Wildman–Crippen LogP) is -0.143. The van der Waals surface area contributed by atoms with Crippen molar-refractivity contribution < 1.29 is 13.2 Å². The fraction of sp³-hybridized carbons (Fsp3) is 0.857. The van der Waals surface area contributed by atoms with Crippen molar-refractivity contribution in [1.82, 2.24) is 4.31 Å². The summed E-state index contributed by atoms with van der Waals surface area (Å²) in [6.45, 7) is 0.977. The zero-order valence-electron chi connectivity index (χ0n) is 7.06. The van der Waals surface area contributed by atoms with E-state index < -0.39 is 10.0 Å². The third-order valence-corrected chi connectivity index (χ3v) is 3.46. The Morgan fingerprint density at radius 3 is 2.17 bits per heavy atom. The summed E-state index contributed by atoms with van der Waals surface area (Å²) in [5, 5.41) is 0. The van der Waals surface area contributed by atoms with E-state index in [1.165, 1.54) is 10.6 Å². The largest absolute Gasteiger partial charge is 0.303 e. The van der Waals surface area contributed by atoms with Gasteiger partial charge in [-0.3, -0.25) is 0 Å². The van der Waals surface area contributed by atoms with Gasteiger partial charge in [0.15, 0.2) is 0 Å². The molecule has 0 radical (unpaired) electrons. The van der Waals surface area contributed by atoms with Crippen molar-refractivity contribution in [3.63, 3.8) is 0 Å². The maximum atomic E-state index is 11.0. The minimum atomic E-state index is -3.04. The highest BCUT2D eigenvalue weighted by Crippen LogP contribution is 2.16. The van der Waals surface area contributed by atoms with Crippen molar-refractivity contribution in [2.24, 2.45) is 5.92 Å². The molecule has 4 nitrogen and oxygen atoms in total. The van der Waals surface area contributed by atoms with E-state index in [0.717, 1.165) is 6.29 Å². The molecule has 0 unspecified atom stereocenters. The fourth-order valence-electron chi connectivity index (χ4n) is 1.34. The molecule has 1 rings (SSSR count). The van der Waals surface area contributed by atoms with E-state index >= 15 is 0 Å². The summed E-state index contributed by atoms with van der Waals surface area (Å²) in [6, 6.07) is 0. The number of carbonyl (C=O) groups excluding carboxylic acids is 1. The molecule has 0 aliphatic carbocycles. The Hall–Kier alpha value is -0.420. The number of rotatable bonds is 2. The van der Waals surface area contributed by atoms with E-state index in [2.05, 4.69) is 0 Å². The smallest absolute Gasteiger partial charge is 0.211 e. The van der Waals surface area contributed by atoms with Crippen LogP contribution in [0.2, 0.25) is 0 Å². The van der Waals surface area contributed by atoms with Gasteiger partial charge >= 0.3 is 0 Å². The van der Waals surface area contributed by atoms with Gasteiger partial charge in [0.1, 0.15) is 6.29 Å². The van der Waals surface area contributed by atoms with Crippen molar-refractivity contribution >= 4 is 16.3 Å². The van der Waals surface area contributed by atoms with E-state index in [9.17, 15) is 13.2 Å². The standard InChI is InChI=1S/C7H13NO3S/c1-12(10,11)8-4-2-7(6-9)3-5-8/h6-7H,2-5H2,1H3. The van der Waals surface area contributed by atoms with Crippen LogP contribution >= 0.6 is 0 Å². The van der Waals surface area contributed by atoms with Gasteiger partial charge in [0.2, 0.25) is 10.0 Å². The lowest BCUT2D eigenvalue weighted by atomic mass is 10.0. The fourth-order valence-corrected chi connectivity index (χ4v) is 2.22. The minimum Gasteiger partial charge on any atom is -0.303 e. The van der Waals surface area contributed by atoms with Crippen LogP contribution in [0.5, 0.6) is 0 Å². The highest BCUT2D eigenvalue weighted by Gasteiger charge is 2.24. The minimum absolute atomic E-state index is 0.0583. The molecule has 1 aliphatic rings. The Kier molecular flexibility index (Phi) is 2.85. The Balaban J connectivity index is 2.52. The molecule has 0 aromatic rings. The maximum absolute atomic E-state index is 11.0. The summed E-state index contributed by atoms with van der Waals surface area (Å²) < 4.78 is 23.5. The van der Waals surface area contributed by atoms with Crippen LogP contribution in [0, 0.1) is 5.92 Å². The Morgan fingerprint density at radius 1 is 1.33 bits per heavy atom. The Labute approximate surface area is 72.6 Å². The second-order valence-electron chi connectivity index (χ2n) is 3.14. The van der Waals surface area contributed by atoms with Gasteiger partial charge < -0.3 is 4.79 Å². The summed E-state index contributed by atoms with van der Waals surface area (Å²) in [5.74, 6) is 0.0583. The van der Waals surface area contributed by atoms with Gasteiger partial charge in [0.25, 0.3) is 0 Å². The molecule has 1 fully saturated rings. The monoisotopic (exact) mass is 191 g/mol. The first kappa shape index (κ1) is 9.67. The molecule has 0 N–H and O–H groups in total. The highest BCUT2D eigenvalue weighted by atomic mass is 32.2. The van der Waals surface area contributed by atoms with Crippen molar-refractivity contribution in [2.75, 3.05) is 19.3 Å². The molecule has 0 aromatic carbocycles. The topological polar surface area (TPSA) is 54.5 Å². The average molecular weight is 191 g/mol. The molecule has 0 aromatic heterocycles. The molecule has 0 amide bonds. The predicted molar refractivity (Wildman–Crippen MR) is 45.2 cm³/mol. The Bertz CT molecular complexity index is 252. The van der Waals surface area contributed by atoms with Gasteiger partial charge in [0, 0.05) is 19.0 Å². The third kappa shape index (κ3) is 2.28. The zero-order valence-corrected chi connectivity index (χ0v) is 7.88. The first-order valence-corrected chi connectivity index (χ1v) is 5.79. The number of aldehydes is 1. The van der Waals surface area contributed by atoms with Crippen LogP contribution in [-0.4, -0.2) is 38.4 Å². The second-order valence-corrected chi connectivity index (χ2v) is 5.12. The molecule has 12 heavy (non-hydrogen) atoms. The first-order chi connectivity index (χ1) is 5.54. The van der Waals surface area contributed by atoms with Crippen LogP contribution in [0.1, 0.15) is 12.8 Å². The molecule has 1 saturated heterocycles. The van der Waals surface area contributed by atoms with Crippen molar-refractivity contribution in [3.05, 3.63) is 0 Å². The second kappa shape index (κ2) is 3.53. The third-order valence-electron chi connectivity index (χ3n) is 2.16. The zero-order chi connectivity index (χ0) is 9.19. The SMILES string of the molecule is CS(=O)(=O)N1CCC(C=O)CC1. The van der Waals surface area contributed by atoms with Gasteiger partial charge in [-0.05, 0) is 12.8 Å². The number of nitrogens with zero attached hydrogens (tertiary/aromatic N) is 1. The summed E-state index contributed by atoms with van der Waals surface area (Å²) in [5.41, 5.74) is 0. The van der Waals surface area contributed by atoms with Crippen molar-refractivity contribution in [2.45, 2.75) is 12.8 Å². The summed E-state index contributed by atoms with van der Waals surface area (Å²) >= 11 is 0. The van der Waals surface area contributed by atoms with Gasteiger partial charge in [-0.1, -0.05) is 0 Å². The van der Waals surface area contributed by atoms with E-state index in [4.69, 9.17) is 0 Å². The van der Waals surface area contributed by atoms with Gasteiger partial charge in [-0.15, -0.1) is 0 Å². The van der Waals surface area contributed by atoms with Gasteiger partial charge in [0.05, 0.1) is 6.26 Å². The number of hydrogen-bond acceptors (Lipinski definition) is 3. The lowest BCUT2D eigenvalue weighted by molar-refractivity contribution is -0.112. The number of carbonyl (C=O) groups is 1. The maximum Gasteiger partial charge on any atom is 0.211 e. The van der Waals surface area contributed by atoms with E-state index in [1.54, 1.807) is 0 Å².